The van der Waals surface area contributed by atoms with Gasteiger partial charge in [-0.1, -0.05) is 38.0 Å². The Morgan fingerprint density at radius 1 is 1.32 bits per heavy atom. The fraction of sp³-hybridized carbons (Fsp3) is 0.500. The van der Waals surface area contributed by atoms with Crippen LogP contribution >= 0.6 is 0 Å². The highest BCUT2D eigenvalue weighted by molar-refractivity contribution is 5.23. The predicted octanol–water partition coefficient (Wildman–Crippen LogP) is 3.63. The van der Waals surface area contributed by atoms with Crippen molar-refractivity contribution in [1.82, 2.24) is 9.78 Å². The van der Waals surface area contributed by atoms with E-state index in [0.29, 0.717) is 6.61 Å². The molecule has 1 aliphatic rings. The summed E-state index contributed by atoms with van der Waals surface area (Å²) >= 11 is 0. The van der Waals surface area contributed by atoms with Crippen LogP contribution in [-0.2, 0) is 18.8 Å². The molecule has 0 spiro atoms. The molecule has 4 heteroatoms. The molecular formula is C18H24N2O2. The van der Waals surface area contributed by atoms with E-state index in [2.05, 4.69) is 12.0 Å². The minimum absolute atomic E-state index is 0.438. The molecule has 0 saturated heterocycles. The Hall–Kier alpha value is -1.81. The van der Waals surface area contributed by atoms with E-state index in [0.717, 1.165) is 55.8 Å². The second-order valence-electron chi connectivity index (χ2n) is 6.08. The van der Waals surface area contributed by atoms with Crippen molar-refractivity contribution in [3.8, 4) is 5.75 Å². The number of hydrogen-bond acceptors (Lipinski definition) is 3. The Morgan fingerprint density at radius 2 is 2.14 bits per heavy atom. The largest absolute Gasteiger partial charge is 0.487 e. The second-order valence-corrected chi connectivity index (χ2v) is 6.08. The molecule has 4 nitrogen and oxygen atoms in total. The van der Waals surface area contributed by atoms with Crippen molar-refractivity contribution in [1.29, 1.82) is 0 Å². The van der Waals surface area contributed by atoms with Gasteiger partial charge in [-0.15, -0.1) is 0 Å². The van der Waals surface area contributed by atoms with Gasteiger partial charge in [0, 0.05) is 6.54 Å². The molecule has 2 aromatic rings. The number of ether oxygens (including phenoxy) is 1. The molecule has 0 radical (unpaired) electrons. The van der Waals surface area contributed by atoms with Gasteiger partial charge >= 0.3 is 0 Å². The van der Waals surface area contributed by atoms with Crippen LogP contribution in [0.3, 0.4) is 0 Å². The van der Waals surface area contributed by atoms with Crippen LogP contribution in [0.4, 0.5) is 0 Å². The van der Waals surface area contributed by atoms with Crippen molar-refractivity contribution in [2.45, 2.75) is 57.8 Å². The Morgan fingerprint density at radius 3 is 2.91 bits per heavy atom. The molecule has 0 fully saturated rings. The predicted molar refractivity (Wildman–Crippen MR) is 85.7 cm³/mol. The first-order chi connectivity index (χ1) is 10.7. The molecule has 0 bridgehead atoms. The average Bonchev–Trinajstić information content (AvgIpc) is 2.97. The quantitative estimate of drug-likeness (QED) is 0.886. The van der Waals surface area contributed by atoms with Gasteiger partial charge in [0.2, 0.25) is 0 Å². The molecule has 1 aliphatic heterocycles. The number of aryl methyl sites for hydroxylation is 1. The molecule has 1 aromatic carbocycles. The highest BCUT2D eigenvalue weighted by Gasteiger charge is 2.35. The van der Waals surface area contributed by atoms with Crippen LogP contribution < -0.4 is 4.74 Å². The summed E-state index contributed by atoms with van der Waals surface area (Å²) in [6.45, 7) is 3.48. The molecule has 2 heterocycles. The minimum Gasteiger partial charge on any atom is -0.487 e. The summed E-state index contributed by atoms with van der Waals surface area (Å²) in [5.74, 6) is 0.842. The van der Waals surface area contributed by atoms with E-state index >= 15 is 0 Å². The third-order valence-electron chi connectivity index (χ3n) is 4.34. The summed E-state index contributed by atoms with van der Waals surface area (Å²) in [5.41, 5.74) is 1.13. The summed E-state index contributed by atoms with van der Waals surface area (Å²) in [7, 11) is 0. The molecular weight excluding hydrogens is 276 g/mol. The van der Waals surface area contributed by atoms with Crippen LogP contribution in [0.25, 0.3) is 0 Å². The first-order valence-electron chi connectivity index (χ1n) is 8.19. The zero-order chi connectivity index (χ0) is 15.4. The summed E-state index contributed by atoms with van der Waals surface area (Å²) in [5, 5.41) is 15.6. The van der Waals surface area contributed by atoms with E-state index in [4.69, 9.17) is 4.74 Å². The second kappa shape index (κ2) is 6.53. The first kappa shape index (κ1) is 15.1. The first-order valence-corrected chi connectivity index (χ1v) is 8.19. The lowest BCUT2D eigenvalue weighted by Crippen LogP contribution is -2.33. The lowest BCUT2D eigenvalue weighted by Gasteiger charge is -2.32. The van der Waals surface area contributed by atoms with Crippen LogP contribution in [0.2, 0.25) is 0 Å². The Kier molecular flexibility index (Phi) is 4.48. The zero-order valence-electron chi connectivity index (χ0n) is 13.2. The molecule has 0 amide bonds. The van der Waals surface area contributed by atoms with E-state index < -0.39 is 5.60 Å². The SMILES string of the molecule is CCCCC1(O)CCCn2nc(COc3ccccc3)cc21. The molecule has 1 unspecified atom stereocenters. The fourth-order valence-electron chi connectivity index (χ4n) is 3.13. The van der Waals surface area contributed by atoms with Gasteiger partial charge < -0.3 is 9.84 Å². The third kappa shape index (κ3) is 3.17. The number of aromatic nitrogens is 2. The Labute approximate surface area is 131 Å². The van der Waals surface area contributed by atoms with E-state index in [1.54, 1.807) is 0 Å². The fourth-order valence-corrected chi connectivity index (χ4v) is 3.13. The van der Waals surface area contributed by atoms with Crippen molar-refractivity contribution >= 4 is 0 Å². The van der Waals surface area contributed by atoms with Gasteiger partial charge in [0.25, 0.3) is 0 Å². The number of para-hydroxylation sites is 1. The van der Waals surface area contributed by atoms with Crippen molar-refractivity contribution in [3.63, 3.8) is 0 Å². The van der Waals surface area contributed by atoms with Gasteiger partial charge in [0.05, 0.1) is 5.69 Å². The third-order valence-corrected chi connectivity index (χ3v) is 4.34. The summed E-state index contributed by atoms with van der Waals surface area (Å²) < 4.78 is 7.72. The van der Waals surface area contributed by atoms with E-state index in [-0.39, 0.29) is 0 Å². The maximum atomic E-state index is 11.0. The number of unbranched alkanes of at least 4 members (excludes halogenated alkanes) is 1. The van der Waals surface area contributed by atoms with E-state index in [1.807, 2.05) is 41.1 Å². The van der Waals surface area contributed by atoms with Crippen molar-refractivity contribution in [2.24, 2.45) is 0 Å². The van der Waals surface area contributed by atoms with Crippen molar-refractivity contribution in [3.05, 3.63) is 47.8 Å². The van der Waals surface area contributed by atoms with Crippen LogP contribution in [0.15, 0.2) is 36.4 Å². The monoisotopic (exact) mass is 300 g/mol. The lowest BCUT2D eigenvalue weighted by atomic mass is 9.86. The summed E-state index contributed by atoms with van der Waals surface area (Å²) in [4.78, 5) is 0. The number of aliphatic hydroxyl groups is 1. The number of nitrogens with zero attached hydrogens (tertiary/aromatic N) is 2. The normalized spacial score (nSPS) is 20.6. The summed E-state index contributed by atoms with van der Waals surface area (Å²) in [6, 6.07) is 11.8. The van der Waals surface area contributed by atoms with Gasteiger partial charge in [-0.25, -0.2) is 0 Å². The van der Waals surface area contributed by atoms with Gasteiger partial charge in [0.15, 0.2) is 0 Å². The minimum atomic E-state index is -0.716. The number of rotatable bonds is 6. The van der Waals surface area contributed by atoms with E-state index in [1.165, 1.54) is 0 Å². The van der Waals surface area contributed by atoms with Crippen molar-refractivity contribution < 1.29 is 9.84 Å². The smallest absolute Gasteiger partial charge is 0.132 e. The van der Waals surface area contributed by atoms with Gasteiger partial charge in [-0.2, -0.15) is 5.10 Å². The van der Waals surface area contributed by atoms with Crippen LogP contribution in [0.1, 0.15) is 50.4 Å². The molecule has 118 valence electrons. The molecule has 22 heavy (non-hydrogen) atoms. The Bertz CT molecular complexity index is 609. The molecule has 0 saturated carbocycles. The van der Waals surface area contributed by atoms with Crippen LogP contribution in [0.5, 0.6) is 5.75 Å². The number of benzene rings is 1. The van der Waals surface area contributed by atoms with Gasteiger partial charge in [0.1, 0.15) is 23.7 Å². The molecule has 3 rings (SSSR count). The molecule has 0 aliphatic carbocycles. The topological polar surface area (TPSA) is 47.3 Å². The lowest BCUT2D eigenvalue weighted by molar-refractivity contribution is -0.00689. The highest BCUT2D eigenvalue weighted by Crippen LogP contribution is 2.36. The van der Waals surface area contributed by atoms with Crippen molar-refractivity contribution in [2.75, 3.05) is 0 Å². The molecule has 1 N–H and O–H groups in total. The van der Waals surface area contributed by atoms with Gasteiger partial charge in [-0.05, 0) is 37.5 Å². The zero-order valence-corrected chi connectivity index (χ0v) is 13.2. The standard InChI is InChI=1S/C18H24N2O2/c1-2-3-10-18(21)11-7-12-20-17(18)13-15(19-20)14-22-16-8-5-4-6-9-16/h4-6,8-9,13,21H,2-3,7,10-12,14H2,1H3. The Balaban J connectivity index is 1.73. The van der Waals surface area contributed by atoms with E-state index in [9.17, 15) is 5.11 Å². The maximum Gasteiger partial charge on any atom is 0.132 e. The molecule has 1 atom stereocenters. The van der Waals surface area contributed by atoms with Crippen LogP contribution in [0, 0.1) is 0 Å². The molecule has 1 aromatic heterocycles. The van der Waals surface area contributed by atoms with Gasteiger partial charge in [-0.3, -0.25) is 4.68 Å². The maximum absolute atomic E-state index is 11.0. The number of fused-ring (bicyclic) bond motifs is 1. The average molecular weight is 300 g/mol. The number of hydrogen-bond donors (Lipinski definition) is 1. The van der Waals surface area contributed by atoms with Crippen LogP contribution in [-0.4, -0.2) is 14.9 Å². The highest BCUT2D eigenvalue weighted by atomic mass is 16.5. The summed E-state index contributed by atoms with van der Waals surface area (Å²) in [6.07, 6.45) is 4.76.